The molecule has 0 saturated carbocycles. The third-order valence-electron chi connectivity index (χ3n) is 5.92. The van der Waals surface area contributed by atoms with E-state index < -0.39 is 5.91 Å². The van der Waals surface area contributed by atoms with Crippen molar-refractivity contribution >= 4 is 51.5 Å². The van der Waals surface area contributed by atoms with Gasteiger partial charge in [0.05, 0.1) is 10.7 Å². The van der Waals surface area contributed by atoms with E-state index in [-0.39, 0.29) is 29.3 Å². The van der Waals surface area contributed by atoms with Crippen molar-refractivity contribution in [1.29, 1.82) is 0 Å². The SMILES string of the molecule is O=C(COc1cc2oc(=O)c3c(c2cc1Cl)CCC3)Nc1ccc(Cl)cc1C(=O)c1ccccc1. The molecule has 35 heavy (non-hydrogen) atoms. The summed E-state index contributed by atoms with van der Waals surface area (Å²) in [5.74, 6) is -0.558. The van der Waals surface area contributed by atoms with E-state index in [2.05, 4.69) is 5.32 Å². The molecule has 0 bridgehead atoms. The Bertz CT molecular complexity index is 1530. The van der Waals surface area contributed by atoms with Gasteiger partial charge < -0.3 is 14.5 Å². The Labute approximate surface area is 210 Å². The van der Waals surface area contributed by atoms with Crippen LogP contribution in [-0.2, 0) is 17.6 Å². The van der Waals surface area contributed by atoms with E-state index in [9.17, 15) is 14.4 Å². The summed E-state index contributed by atoms with van der Waals surface area (Å²) in [6.45, 7) is -0.373. The fraction of sp³-hybridized carbons (Fsp3) is 0.148. The minimum atomic E-state index is -0.499. The summed E-state index contributed by atoms with van der Waals surface area (Å²) >= 11 is 12.5. The highest BCUT2D eigenvalue weighted by molar-refractivity contribution is 6.33. The Morgan fingerprint density at radius 2 is 1.74 bits per heavy atom. The predicted molar refractivity (Wildman–Crippen MR) is 135 cm³/mol. The molecule has 8 heteroatoms. The molecule has 0 atom stereocenters. The molecule has 0 saturated heterocycles. The van der Waals surface area contributed by atoms with Crippen LogP contribution < -0.4 is 15.7 Å². The second kappa shape index (κ2) is 9.56. The number of benzene rings is 3. The molecule has 3 aromatic carbocycles. The van der Waals surface area contributed by atoms with Gasteiger partial charge in [0.2, 0.25) is 0 Å². The summed E-state index contributed by atoms with van der Waals surface area (Å²) in [5.41, 5.74) is 2.71. The van der Waals surface area contributed by atoms with Crippen LogP contribution in [0.1, 0.15) is 33.5 Å². The minimum absolute atomic E-state index is 0.215. The first kappa shape index (κ1) is 23.1. The fourth-order valence-corrected chi connectivity index (χ4v) is 4.67. The number of anilines is 1. The zero-order valence-electron chi connectivity index (χ0n) is 18.4. The maximum Gasteiger partial charge on any atom is 0.339 e. The van der Waals surface area contributed by atoms with Gasteiger partial charge in [0.1, 0.15) is 11.3 Å². The van der Waals surface area contributed by atoms with Crippen LogP contribution in [0.4, 0.5) is 5.69 Å². The molecule has 5 rings (SSSR count). The number of ether oxygens (including phenoxy) is 1. The summed E-state index contributed by atoms with van der Waals surface area (Å²) in [6.07, 6.45) is 2.39. The zero-order chi connectivity index (χ0) is 24.5. The highest BCUT2D eigenvalue weighted by Gasteiger charge is 2.21. The highest BCUT2D eigenvalue weighted by Crippen LogP contribution is 2.34. The molecule has 176 valence electrons. The fourth-order valence-electron chi connectivity index (χ4n) is 4.28. The maximum absolute atomic E-state index is 13.0. The molecular weight excluding hydrogens is 489 g/mol. The lowest BCUT2D eigenvalue weighted by molar-refractivity contribution is -0.118. The van der Waals surface area contributed by atoms with Crippen molar-refractivity contribution in [2.75, 3.05) is 11.9 Å². The van der Waals surface area contributed by atoms with Crippen molar-refractivity contribution in [2.45, 2.75) is 19.3 Å². The number of nitrogens with one attached hydrogen (secondary N) is 1. The second-order valence-corrected chi connectivity index (χ2v) is 9.04. The monoisotopic (exact) mass is 507 g/mol. The van der Waals surface area contributed by atoms with Crippen LogP contribution in [0.3, 0.4) is 0 Å². The molecular formula is C27H19Cl2NO5. The number of carbonyl (C=O) groups is 2. The molecule has 1 aromatic heterocycles. The molecule has 0 radical (unpaired) electrons. The van der Waals surface area contributed by atoms with Gasteiger partial charge in [-0.3, -0.25) is 9.59 Å². The third-order valence-corrected chi connectivity index (χ3v) is 6.45. The number of hydrogen-bond acceptors (Lipinski definition) is 5. The van der Waals surface area contributed by atoms with Crippen LogP contribution in [0, 0.1) is 0 Å². The van der Waals surface area contributed by atoms with Crippen molar-refractivity contribution in [3.05, 3.63) is 103 Å². The summed E-state index contributed by atoms with van der Waals surface area (Å²) in [5, 5.41) is 4.16. The van der Waals surface area contributed by atoms with Gasteiger partial charge >= 0.3 is 5.63 Å². The minimum Gasteiger partial charge on any atom is -0.482 e. The molecule has 4 aromatic rings. The second-order valence-electron chi connectivity index (χ2n) is 8.20. The van der Waals surface area contributed by atoms with Crippen molar-refractivity contribution in [2.24, 2.45) is 0 Å². The van der Waals surface area contributed by atoms with Gasteiger partial charge in [0, 0.05) is 33.2 Å². The Balaban J connectivity index is 1.35. The van der Waals surface area contributed by atoms with Crippen LogP contribution in [0.25, 0.3) is 11.0 Å². The predicted octanol–water partition coefficient (Wildman–Crippen LogP) is 5.84. The topological polar surface area (TPSA) is 85.6 Å². The number of carbonyl (C=O) groups excluding carboxylic acids is 2. The van der Waals surface area contributed by atoms with Crippen molar-refractivity contribution in [3.8, 4) is 5.75 Å². The van der Waals surface area contributed by atoms with Gasteiger partial charge in [-0.15, -0.1) is 0 Å². The molecule has 0 unspecified atom stereocenters. The largest absolute Gasteiger partial charge is 0.482 e. The highest BCUT2D eigenvalue weighted by atomic mass is 35.5. The number of fused-ring (bicyclic) bond motifs is 3. The third kappa shape index (κ3) is 4.67. The van der Waals surface area contributed by atoms with Crippen LogP contribution in [0.5, 0.6) is 5.75 Å². The Hall–Kier alpha value is -3.61. The van der Waals surface area contributed by atoms with Crippen LogP contribution in [0.15, 0.2) is 69.9 Å². The molecule has 1 heterocycles. The van der Waals surface area contributed by atoms with Gasteiger partial charge in [0.15, 0.2) is 12.4 Å². The van der Waals surface area contributed by atoms with Gasteiger partial charge in [-0.25, -0.2) is 4.79 Å². The molecule has 0 aliphatic heterocycles. The number of rotatable bonds is 6. The average Bonchev–Trinajstić information content (AvgIpc) is 3.36. The van der Waals surface area contributed by atoms with Crippen molar-refractivity contribution in [1.82, 2.24) is 0 Å². The van der Waals surface area contributed by atoms with Crippen molar-refractivity contribution in [3.63, 3.8) is 0 Å². The van der Waals surface area contributed by atoms with E-state index in [1.165, 1.54) is 12.1 Å². The van der Waals surface area contributed by atoms with Crippen LogP contribution in [-0.4, -0.2) is 18.3 Å². The van der Waals surface area contributed by atoms with E-state index in [1.54, 1.807) is 42.5 Å². The van der Waals surface area contributed by atoms with E-state index in [0.29, 0.717) is 38.9 Å². The lowest BCUT2D eigenvalue weighted by Crippen LogP contribution is -2.22. The van der Waals surface area contributed by atoms with E-state index in [0.717, 1.165) is 23.8 Å². The summed E-state index contributed by atoms with van der Waals surface area (Å²) in [7, 11) is 0. The zero-order valence-corrected chi connectivity index (χ0v) is 19.9. The molecule has 6 nitrogen and oxygen atoms in total. The Morgan fingerprint density at radius 1 is 0.971 bits per heavy atom. The first-order valence-corrected chi connectivity index (χ1v) is 11.8. The quantitative estimate of drug-likeness (QED) is 0.261. The Morgan fingerprint density at radius 3 is 2.54 bits per heavy atom. The standard InChI is InChI=1S/C27H19Cl2NO5/c28-16-9-10-22(20(11-16)26(32)15-5-2-1-3-6-15)30-25(31)14-34-24-13-23-19(12-21(24)29)17-7-4-8-18(17)27(33)35-23/h1-3,5-6,9-13H,4,7-8,14H2,(H,30,31). The molecule has 1 aliphatic carbocycles. The normalized spacial score (nSPS) is 12.4. The van der Waals surface area contributed by atoms with E-state index in [1.807, 2.05) is 6.07 Å². The molecule has 1 aliphatic rings. The first-order valence-electron chi connectivity index (χ1n) is 11.0. The van der Waals surface area contributed by atoms with Gasteiger partial charge in [-0.1, -0.05) is 53.5 Å². The summed E-state index contributed by atoms with van der Waals surface area (Å²) in [6, 6.07) is 16.6. The lowest BCUT2D eigenvalue weighted by Gasteiger charge is -2.13. The number of hydrogen-bond donors (Lipinski definition) is 1. The van der Waals surface area contributed by atoms with E-state index in [4.69, 9.17) is 32.4 Å². The van der Waals surface area contributed by atoms with Crippen LogP contribution in [0.2, 0.25) is 10.0 Å². The number of halogens is 2. The van der Waals surface area contributed by atoms with Crippen molar-refractivity contribution < 1.29 is 18.7 Å². The van der Waals surface area contributed by atoms with Gasteiger partial charge in [0.25, 0.3) is 5.91 Å². The first-order chi connectivity index (χ1) is 16.9. The Kier molecular flexibility index (Phi) is 6.32. The average molecular weight is 508 g/mol. The summed E-state index contributed by atoms with van der Waals surface area (Å²) < 4.78 is 11.1. The summed E-state index contributed by atoms with van der Waals surface area (Å²) in [4.78, 5) is 37.9. The maximum atomic E-state index is 13.0. The molecule has 1 amide bonds. The molecule has 1 N–H and O–H groups in total. The van der Waals surface area contributed by atoms with E-state index >= 15 is 0 Å². The van der Waals surface area contributed by atoms with Gasteiger partial charge in [-0.2, -0.15) is 0 Å². The molecule has 0 spiro atoms. The number of ketones is 1. The number of aryl methyl sites for hydroxylation is 1. The smallest absolute Gasteiger partial charge is 0.339 e. The number of amides is 1. The van der Waals surface area contributed by atoms with Gasteiger partial charge in [-0.05, 0) is 49.1 Å². The van der Waals surface area contributed by atoms with Crippen LogP contribution >= 0.6 is 23.2 Å². The lowest BCUT2D eigenvalue weighted by atomic mass is 10.0. The molecule has 0 fully saturated rings.